The lowest BCUT2D eigenvalue weighted by Gasteiger charge is -2.30. The third kappa shape index (κ3) is 1.84. The highest BCUT2D eigenvalue weighted by Crippen LogP contribution is 2.31. The van der Waals surface area contributed by atoms with Gasteiger partial charge in [0.05, 0.1) is 11.7 Å². The van der Waals surface area contributed by atoms with Crippen LogP contribution in [0.15, 0.2) is 21.3 Å². The Morgan fingerprint density at radius 3 is 3.00 bits per heavy atom. The molecule has 0 radical (unpaired) electrons. The van der Waals surface area contributed by atoms with Gasteiger partial charge in [0.2, 0.25) is 11.7 Å². The van der Waals surface area contributed by atoms with Crippen molar-refractivity contribution in [2.45, 2.75) is 32.1 Å². The number of aromatic nitrogens is 2. The summed E-state index contributed by atoms with van der Waals surface area (Å²) in [6, 6.07) is 1.90. The molecule has 0 saturated carbocycles. The average Bonchev–Trinajstić information content (AvgIpc) is 2.98. The van der Waals surface area contributed by atoms with Crippen LogP contribution in [0, 0.1) is 6.92 Å². The molecule has 0 bridgehead atoms. The lowest BCUT2D eigenvalue weighted by atomic mass is 9.83. The lowest BCUT2D eigenvalue weighted by molar-refractivity contribution is 0.245. The molecule has 3 rings (SSSR count). The van der Waals surface area contributed by atoms with Crippen molar-refractivity contribution < 1.29 is 8.94 Å². The van der Waals surface area contributed by atoms with Crippen molar-refractivity contribution in [1.29, 1.82) is 0 Å². The summed E-state index contributed by atoms with van der Waals surface area (Å²) < 4.78 is 10.8. The second-order valence-corrected chi connectivity index (χ2v) is 5.20. The Balaban J connectivity index is 1.92. The number of hydrogen-bond acceptors (Lipinski definition) is 5. The first-order chi connectivity index (χ1) is 8.69. The number of hydrogen-bond donors (Lipinski definition) is 1. The summed E-state index contributed by atoms with van der Waals surface area (Å²) >= 11 is 0. The Morgan fingerprint density at radius 1 is 1.44 bits per heavy atom. The third-order valence-corrected chi connectivity index (χ3v) is 3.60. The van der Waals surface area contributed by atoms with Crippen molar-refractivity contribution in [3.63, 3.8) is 0 Å². The van der Waals surface area contributed by atoms with Crippen LogP contribution >= 0.6 is 0 Å². The van der Waals surface area contributed by atoms with E-state index in [1.54, 1.807) is 6.26 Å². The fourth-order valence-electron chi connectivity index (χ4n) is 2.40. The molecule has 1 atom stereocenters. The molecule has 1 unspecified atom stereocenters. The van der Waals surface area contributed by atoms with Crippen molar-refractivity contribution in [3.8, 4) is 11.6 Å². The zero-order chi connectivity index (χ0) is 12.6. The maximum absolute atomic E-state index is 5.42. The zero-order valence-electron chi connectivity index (χ0n) is 10.7. The van der Waals surface area contributed by atoms with E-state index in [1.807, 2.05) is 13.0 Å². The van der Waals surface area contributed by atoms with E-state index in [9.17, 15) is 0 Å². The molecule has 1 saturated heterocycles. The van der Waals surface area contributed by atoms with Gasteiger partial charge in [-0.05, 0) is 44.9 Å². The predicted molar refractivity (Wildman–Crippen MR) is 66.2 cm³/mol. The van der Waals surface area contributed by atoms with Gasteiger partial charge in [0.15, 0.2) is 5.76 Å². The van der Waals surface area contributed by atoms with Gasteiger partial charge >= 0.3 is 0 Å². The molecule has 3 heterocycles. The maximum atomic E-state index is 5.42. The van der Waals surface area contributed by atoms with Gasteiger partial charge in [-0.15, -0.1) is 0 Å². The minimum atomic E-state index is -0.0655. The largest absolute Gasteiger partial charge is 0.461 e. The van der Waals surface area contributed by atoms with E-state index in [0.29, 0.717) is 17.5 Å². The normalized spacial score (nSPS) is 24.3. The van der Waals surface area contributed by atoms with E-state index in [1.165, 1.54) is 0 Å². The van der Waals surface area contributed by atoms with Crippen LogP contribution in [0.2, 0.25) is 0 Å². The van der Waals surface area contributed by atoms with Gasteiger partial charge in [0.1, 0.15) is 0 Å². The zero-order valence-corrected chi connectivity index (χ0v) is 10.7. The Bertz CT molecular complexity index is 538. The summed E-state index contributed by atoms with van der Waals surface area (Å²) in [6.07, 6.45) is 3.84. The highest BCUT2D eigenvalue weighted by Gasteiger charge is 2.35. The van der Waals surface area contributed by atoms with Crippen LogP contribution in [0.1, 0.15) is 31.2 Å². The van der Waals surface area contributed by atoms with Crippen LogP contribution < -0.4 is 5.32 Å². The third-order valence-electron chi connectivity index (χ3n) is 3.60. The van der Waals surface area contributed by atoms with Crippen LogP contribution in [0.4, 0.5) is 0 Å². The number of nitrogens with zero attached hydrogens (tertiary/aromatic N) is 2. The molecule has 1 aliphatic heterocycles. The van der Waals surface area contributed by atoms with E-state index in [4.69, 9.17) is 8.94 Å². The summed E-state index contributed by atoms with van der Waals surface area (Å²) in [6.45, 7) is 6.07. The fraction of sp³-hybridized carbons (Fsp3) is 0.538. The monoisotopic (exact) mass is 247 g/mol. The second kappa shape index (κ2) is 4.24. The van der Waals surface area contributed by atoms with E-state index >= 15 is 0 Å². The summed E-state index contributed by atoms with van der Waals surface area (Å²) in [5.74, 6) is 1.93. The topological polar surface area (TPSA) is 64.1 Å². The Labute approximate surface area is 106 Å². The van der Waals surface area contributed by atoms with Crippen molar-refractivity contribution in [2.24, 2.45) is 0 Å². The molecule has 2 aromatic heterocycles. The van der Waals surface area contributed by atoms with Crippen LogP contribution in [0.3, 0.4) is 0 Å². The van der Waals surface area contributed by atoms with Crippen molar-refractivity contribution in [3.05, 3.63) is 23.8 Å². The van der Waals surface area contributed by atoms with Gasteiger partial charge in [-0.3, -0.25) is 0 Å². The molecule has 0 aliphatic carbocycles. The molecule has 96 valence electrons. The SMILES string of the molecule is Cc1ccoc1-c1noc(C2(C)CCCNC2)n1. The molecule has 1 N–H and O–H groups in total. The van der Waals surface area contributed by atoms with Gasteiger partial charge in [-0.1, -0.05) is 5.16 Å². The first-order valence-electron chi connectivity index (χ1n) is 6.28. The fourth-order valence-corrected chi connectivity index (χ4v) is 2.40. The minimum absolute atomic E-state index is 0.0655. The van der Waals surface area contributed by atoms with Crippen LogP contribution in [-0.2, 0) is 5.41 Å². The van der Waals surface area contributed by atoms with Crippen molar-refractivity contribution in [2.75, 3.05) is 13.1 Å². The quantitative estimate of drug-likeness (QED) is 0.882. The van der Waals surface area contributed by atoms with E-state index in [0.717, 1.165) is 31.5 Å². The summed E-state index contributed by atoms with van der Waals surface area (Å²) in [5.41, 5.74) is 0.957. The van der Waals surface area contributed by atoms with Crippen LogP contribution in [0.5, 0.6) is 0 Å². The highest BCUT2D eigenvalue weighted by molar-refractivity contribution is 5.51. The molecule has 5 heteroatoms. The maximum Gasteiger partial charge on any atom is 0.238 e. The number of rotatable bonds is 2. The molecular formula is C13H17N3O2. The molecule has 18 heavy (non-hydrogen) atoms. The Morgan fingerprint density at radius 2 is 2.33 bits per heavy atom. The Kier molecular flexibility index (Phi) is 2.70. The van der Waals surface area contributed by atoms with Crippen LogP contribution in [0.25, 0.3) is 11.6 Å². The van der Waals surface area contributed by atoms with Gasteiger partial charge in [0.25, 0.3) is 0 Å². The molecule has 0 amide bonds. The van der Waals surface area contributed by atoms with Crippen LogP contribution in [-0.4, -0.2) is 23.2 Å². The van der Waals surface area contributed by atoms with E-state index < -0.39 is 0 Å². The molecular weight excluding hydrogens is 230 g/mol. The summed E-state index contributed by atoms with van der Waals surface area (Å²) in [7, 11) is 0. The predicted octanol–water partition coefficient (Wildman–Crippen LogP) is 2.28. The molecule has 1 aliphatic rings. The van der Waals surface area contributed by atoms with E-state index in [-0.39, 0.29) is 5.41 Å². The highest BCUT2D eigenvalue weighted by atomic mass is 16.5. The standard InChI is InChI=1S/C13H17N3O2/c1-9-4-7-17-10(9)11-15-12(18-16-11)13(2)5-3-6-14-8-13/h4,7,14H,3,5-6,8H2,1-2H3. The number of nitrogens with one attached hydrogen (secondary N) is 1. The van der Waals surface area contributed by atoms with E-state index in [2.05, 4.69) is 22.4 Å². The van der Waals surface area contributed by atoms with Crippen molar-refractivity contribution >= 4 is 0 Å². The Hall–Kier alpha value is -1.62. The summed E-state index contributed by atoms with van der Waals surface area (Å²) in [5, 5.41) is 7.41. The molecule has 0 aromatic carbocycles. The number of furan rings is 1. The summed E-state index contributed by atoms with van der Waals surface area (Å²) in [4.78, 5) is 4.50. The van der Waals surface area contributed by atoms with Gasteiger partial charge in [0, 0.05) is 6.54 Å². The van der Waals surface area contributed by atoms with Gasteiger partial charge in [-0.2, -0.15) is 4.98 Å². The van der Waals surface area contributed by atoms with Crippen molar-refractivity contribution in [1.82, 2.24) is 15.5 Å². The molecule has 0 spiro atoms. The lowest BCUT2D eigenvalue weighted by Crippen LogP contribution is -2.41. The molecule has 5 nitrogen and oxygen atoms in total. The molecule has 2 aromatic rings. The minimum Gasteiger partial charge on any atom is -0.461 e. The first kappa shape index (κ1) is 11.5. The molecule has 1 fully saturated rings. The second-order valence-electron chi connectivity index (χ2n) is 5.20. The average molecular weight is 247 g/mol. The number of aryl methyl sites for hydroxylation is 1. The van der Waals surface area contributed by atoms with Gasteiger partial charge in [-0.25, -0.2) is 0 Å². The first-order valence-corrected chi connectivity index (χ1v) is 6.28. The number of piperidine rings is 1. The van der Waals surface area contributed by atoms with Gasteiger partial charge < -0.3 is 14.3 Å². The smallest absolute Gasteiger partial charge is 0.238 e.